The first-order chi connectivity index (χ1) is 19.0. The van der Waals surface area contributed by atoms with Crippen LogP contribution in [0.3, 0.4) is 0 Å². The van der Waals surface area contributed by atoms with Crippen molar-refractivity contribution in [1.82, 2.24) is 30.2 Å². The number of para-hydroxylation sites is 1. The zero-order valence-electron chi connectivity index (χ0n) is 22.3. The van der Waals surface area contributed by atoms with Gasteiger partial charge < -0.3 is 16.0 Å². The lowest BCUT2D eigenvalue weighted by Crippen LogP contribution is -2.49. The van der Waals surface area contributed by atoms with E-state index in [0.29, 0.717) is 23.6 Å². The molecule has 1 aliphatic heterocycles. The van der Waals surface area contributed by atoms with Crippen LogP contribution in [0.5, 0.6) is 0 Å². The fourth-order valence-electron chi connectivity index (χ4n) is 5.55. The van der Waals surface area contributed by atoms with Crippen molar-refractivity contribution < 1.29 is 0 Å². The molecule has 0 spiro atoms. The first-order valence-corrected chi connectivity index (χ1v) is 13.8. The summed E-state index contributed by atoms with van der Waals surface area (Å²) in [4.78, 5) is 24.0. The van der Waals surface area contributed by atoms with Gasteiger partial charge in [-0.25, -0.2) is 19.9 Å². The predicted octanol–water partition coefficient (Wildman–Crippen LogP) is 6.06. The van der Waals surface area contributed by atoms with E-state index >= 15 is 0 Å². The van der Waals surface area contributed by atoms with Gasteiger partial charge in [-0.1, -0.05) is 32.0 Å². The van der Waals surface area contributed by atoms with Gasteiger partial charge in [-0.2, -0.15) is 0 Å². The van der Waals surface area contributed by atoms with Gasteiger partial charge in [0, 0.05) is 41.3 Å². The summed E-state index contributed by atoms with van der Waals surface area (Å²) in [5, 5.41) is 13.0. The van der Waals surface area contributed by atoms with Gasteiger partial charge in [0.05, 0.1) is 17.2 Å². The van der Waals surface area contributed by atoms with Gasteiger partial charge in [0.1, 0.15) is 17.5 Å². The summed E-state index contributed by atoms with van der Waals surface area (Å²) in [7, 11) is 0. The van der Waals surface area contributed by atoms with Gasteiger partial charge in [-0.15, -0.1) is 0 Å². The molecule has 2 fully saturated rings. The Kier molecular flexibility index (Phi) is 5.85. The first kappa shape index (κ1) is 23.9. The average molecular weight is 517 g/mol. The highest BCUT2D eigenvalue weighted by Gasteiger charge is 2.34. The summed E-state index contributed by atoms with van der Waals surface area (Å²) in [6.07, 6.45) is 9.09. The monoisotopic (exact) mass is 516 g/mol. The number of fused-ring (bicyclic) bond motifs is 2. The second-order valence-electron chi connectivity index (χ2n) is 11.4. The van der Waals surface area contributed by atoms with Gasteiger partial charge in [0.2, 0.25) is 0 Å². The molecule has 0 bridgehead atoms. The van der Waals surface area contributed by atoms with E-state index in [-0.39, 0.29) is 5.41 Å². The van der Waals surface area contributed by atoms with Crippen LogP contribution in [0.4, 0.5) is 17.5 Å². The minimum atomic E-state index is 0.100. The molecule has 39 heavy (non-hydrogen) atoms. The minimum Gasteiger partial charge on any atom is -0.366 e. The van der Waals surface area contributed by atoms with Gasteiger partial charge in [0.15, 0.2) is 5.82 Å². The topological polar surface area (TPSA) is 101 Å². The molecular weight excluding hydrogens is 484 g/mol. The molecule has 0 radical (unpaired) electrons. The highest BCUT2D eigenvalue weighted by Crippen LogP contribution is 2.44. The van der Waals surface area contributed by atoms with Crippen molar-refractivity contribution in [1.29, 1.82) is 0 Å². The van der Waals surface area contributed by atoms with E-state index in [1.165, 1.54) is 18.4 Å². The molecule has 8 heteroatoms. The van der Waals surface area contributed by atoms with E-state index in [4.69, 9.17) is 15.0 Å². The lowest BCUT2D eigenvalue weighted by Gasteiger charge is -2.40. The number of anilines is 3. The largest absolute Gasteiger partial charge is 0.366 e. The van der Waals surface area contributed by atoms with Gasteiger partial charge in [-0.3, -0.25) is 4.98 Å². The third-order valence-electron chi connectivity index (χ3n) is 7.97. The maximum absolute atomic E-state index is 5.15. The van der Waals surface area contributed by atoms with Crippen LogP contribution in [0.2, 0.25) is 0 Å². The highest BCUT2D eigenvalue weighted by molar-refractivity contribution is 5.94. The van der Waals surface area contributed by atoms with Crippen LogP contribution in [0.15, 0.2) is 67.1 Å². The maximum atomic E-state index is 5.15. The number of hydrogen-bond donors (Lipinski definition) is 3. The predicted molar refractivity (Wildman–Crippen MR) is 156 cm³/mol. The second-order valence-corrected chi connectivity index (χ2v) is 11.4. The number of aromatic nitrogens is 5. The number of benzene rings is 1. The SMILES string of the molecule is CC1(C)CNCCC1Nc1nc(-c2ccnc(Nc3ccc4ccccc4n3)c2)nc2cncc(C3CC3)c12. The molecule has 7 rings (SSSR count). The van der Waals surface area contributed by atoms with E-state index < -0.39 is 0 Å². The number of pyridine rings is 3. The van der Waals surface area contributed by atoms with E-state index in [9.17, 15) is 0 Å². The zero-order chi connectivity index (χ0) is 26.4. The fourth-order valence-corrected chi connectivity index (χ4v) is 5.55. The Morgan fingerprint density at radius 1 is 0.897 bits per heavy atom. The van der Waals surface area contributed by atoms with E-state index in [2.05, 4.69) is 51.9 Å². The highest BCUT2D eigenvalue weighted by atomic mass is 15.1. The third-order valence-corrected chi connectivity index (χ3v) is 7.97. The Bertz CT molecular complexity index is 1680. The minimum absolute atomic E-state index is 0.100. The molecule has 1 aromatic carbocycles. The van der Waals surface area contributed by atoms with Crippen LogP contribution < -0.4 is 16.0 Å². The third kappa shape index (κ3) is 4.76. The normalized spacial score (nSPS) is 18.8. The van der Waals surface area contributed by atoms with Crippen molar-refractivity contribution in [3.8, 4) is 11.4 Å². The molecule has 1 saturated heterocycles. The summed E-state index contributed by atoms with van der Waals surface area (Å²) in [5.74, 6) is 3.54. The molecule has 5 heterocycles. The fraction of sp³-hybridized carbons (Fsp3) is 0.323. The van der Waals surface area contributed by atoms with Crippen LogP contribution >= 0.6 is 0 Å². The Morgan fingerprint density at radius 2 is 1.79 bits per heavy atom. The van der Waals surface area contributed by atoms with Crippen molar-refractivity contribution in [2.24, 2.45) is 5.41 Å². The van der Waals surface area contributed by atoms with E-state index in [1.807, 2.05) is 48.8 Å². The number of hydrogen-bond acceptors (Lipinski definition) is 8. The van der Waals surface area contributed by atoms with Crippen molar-refractivity contribution in [2.45, 2.75) is 45.1 Å². The summed E-state index contributed by atoms with van der Waals surface area (Å²) in [6, 6.07) is 16.4. The van der Waals surface area contributed by atoms with Gasteiger partial charge in [0.25, 0.3) is 0 Å². The van der Waals surface area contributed by atoms with E-state index in [1.54, 1.807) is 6.20 Å². The van der Waals surface area contributed by atoms with Gasteiger partial charge in [-0.05, 0) is 73.0 Å². The Balaban J connectivity index is 1.27. The molecule has 4 aromatic heterocycles. The van der Waals surface area contributed by atoms with Crippen LogP contribution in [0.1, 0.15) is 44.6 Å². The first-order valence-electron chi connectivity index (χ1n) is 13.8. The molecular formula is C31H32N8. The Morgan fingerprint density at radius 3 is 2.67 bits per heavy atom. The molecule has 196 valence electrons. The quantitative estimate of drug-likeness (QED) is 0.251. The second kappa shape index (κ2) is 9.54. The van der Waals surface area contributed by atoms with Crippen molar-refractivity contribution in [3.05, 3.63) is 72.7 Å². The lowest BCUT2D eigenvalue weighted by atomic mass is 9.80. The van der Waals surface area contributed by atoms with Crippen LogP contribution in [-0.2, 0) is 0 Å². The van der Waals surface area contributed by atoms with Crippen LogP contribution in [-0.4, -0.2) is 44.1 Å². The maximum Gasteiger partial charge on any atom is 0.162 e. The number of nitrogens with zero attached hydrogens (tertiary/aromatic N) is 5. The Hall–Kier alpha value is -4.17. The van der Waals surface area contributed by atoms with Crippen molar-refractivity contribution in [2.75, 3.05) is 23.7 Å². The number of piperidine rings is 1. The summed E-state index contributed by atoms with van der Waals surface area (Å²) in [6.45, 7) is 6.59. The molecule has 0 amide bonds. The standard InChI is InChI=1S/C31H32N8/c1-31(2)18-32-13-12-25(31)37-30-28-22(19-7-8-19)16-33-17-24(28)36-29(39-30)21-11-14-34-27(15-21)38-26-10-9-20-5-3-4-6-23(20)35-26/h3-6,9-11,14-17,19,25,32H,7-8,12-13,18H2,1-2H3,(H,34,35,38)(H,36,37,39). The zero-order valence-corrected chi connectivity index (χ0v) is 22.3. The van der Waals surface area contributed by atoms with E-state index in [0.717, 1.165) is 58.5 Å². The Labute approximate surface area is 227 Å². The molecule has 8 nitrogen and oxygen atoms in total. The summed E-state index contributed by atoms with van der Waals surface area (Å²) < 4.78 is 0. The molecule has 1 unspecified atom stereocenters. The summed E-state index contributed by atoms with van der Waals surface area (Å²) in [5.41, 5.74) is 4.06. The number of rotatable bonds is 6. The molecule has 3 N–H and O–H groups in total. The van der Waals surface area contributed by atoms with Crippen LogP contribution in [0, 0.1) is 5.41 Å². The van der Waals surface area contributed by atoms with Crippen LogP contribution in [0.25, 0.3) is 33.2 Å². The smallest absolute Gasteiger partial charge is 0.162 e. The molecule has 1 aliphatic carbocycles. The number of nitrogens with one attached hydrogen (secondary N) is 3. The van der Waals surface area contributed by atoms with Gasteiger partial charge >= 0.3 is 0 Å². The lowest BCUT2D eigenvalue weighted by molar-refractivity contribution is 0.236. The average Bonchev–Trinajstić information content (AvgIpc) is 3.79. The summed E-state index contributed by atoms with van der Waals surface area (Å²) >= 11 is 0. The van der Waals surface area contributed by atoms with Crippen molar-refractivity contribution >= 4 is 39.3 Å². The molecule has 1 saturated carbocycles. The molecule has 2 aliphatic rings. The molecule has 1 atom stereocenters. The van der Waals surface area contributed by atoms with Crippen molar-refractivity contribution in [3.63, 3.8) is 0 Å². The molecule has 5 aromatic rings.